The van der Waals surface area contributed by atoms with Gasteiger partial charge in [-0.15, -0.1) is 0 Å². The first-order valence-electron chi connectivity index (χ1n) is 9.61. The minimum Gasteiger partial charge on any atom is -0.507 e. The SMILES string of the molecule is COc1ccc(OC2CNNC2c2ccc(OCc3ccc(F)cc3)cc2O)cc1. The molecule has 7 heteroatoms. The zero-order chi connectivity index (χ0) is 20.9. The summed E-state index contributed by atoms with van der Waals surface area (Å²) in [6, 6.07) is 18.4. The van der Waals surface area contributed by atoms with Gasteiger partial charge in [-0.3, -0.25) is 5.43 Å². The molecule has 1 aliphatic rings. The molecule has 30 heavy (non-hydrogen) atoms. The van der Waals surface area contributed by atoms with Gasteiger partial charge in [0.2, 0.25) is 0 Å². The zero-order valence-corrected chi connectivity index (χ0v) is 16.5. The fraction of sp³-hybridized carbons (Fsp3) is 0.217. The molecular formula is C23H23FN2O4. The third kappa shape index (κ3) is 4.64. The standard InChI is InChI=1S/C23H23FN2O4/c1-28-17-6-8-18(9-7-17)30-22-13-25-26-23(22)20-11-10-19(12-21(20)27)29-14-15-2-4-16(24)5-3-15/h2-12,22-23,25-27H,13-14H2,1H3. The molecule has 6 nitrogen and oxygen atoms in total. The van der Waals surface area contributed by atoms with Crippen molar-refractivity contribution in [3.05, 3.63) is 83.7 Å². The maximum absolute atomic E-state index is 13.0. The average molecular weight is 410 g/mol. The van der Waals surface area contributed by atoms with Gasteiger partial charge in [0.25, 0.3) is 0 Å². The van der Waals surface area contributed by atoms with Gasteiger partial charge in [-0.25, -0.2) is 9.82 Å². The second kappa shape index (κ2) is 9.02. The number of phenolic OH excluding ortho intramolecular Hbond substituents is 1. The second-order valence-corrected chi connectivity index (χ2v) is 6.97. The minimum atomic E-state index is -0.287. The van der Waals surface area contributed by atoms with E-state index in [9.17, 15) is 9.50 Å². The summed E-state index contributed by atoms with van der Waals surface area (Å²) in [5.41, 5.74) is 7.78. The van der Waals surface area contributed by atoms with Gasteiger partial charge < -0.3 is 19.3 Å². The highest BCUT2D eigenvalue weighted by Gasteiger charge is 2.32. The van der Waals surface area contributed by atoms with Crippen LogP contribution in [0.1, 0.15) is 17.2 Å². The van der Waals surface area contributed by atoms with Crippen LogP contribution in [0, 0.1) is 5.82 Å². The Hall–Kier alpha value is -3.29. The zero-order valence-electron chi connectivity index (χ0n) is 16.5. The van der Waals surface area contributed by atoms with Crippen molar-refractivity contribution in [3.8, 4) is 23.0 Å². The van der Waals surface area contributed by atoms with E-state index in [1.807, 2.05) is 30.3 Å². The number of nitrogens with one attached hydrogen (secondary N) is 2. The van der Waals surface area contributed by atoms with Crippen LogP contribution in [0.5, 0.6) is 23.0 Å². The van der Waals surface area contributed by atoms with Gasteiger partial charge >= 0.3 is 0 Å². The van der Waals surface area contributed by atoms with Crippen LogP contribution in [-0.4, -0.2) is 24.9 Å². The molecule has 3 aromatic carbocycles. The highest BCUT2D eigenvalue weighted by atomic mass is 19.1. The van der Waals surface area contributed by atoms with Crippen molar-refractivity contribution in [1.29, 1.82) is 0 Å². The molecule has 0 saturated carbocycles. The van der Waals surface area contributed by atoms with Crippen LogP contribution in [-0.2, 0) is 6.61 Å². The lowest BCUT2D eigenvalue weighted by atomic mass is 10.0. The van der Waals surface area contributed by atoms with E-state index in [1.165, 1.54) is 12.1 Å². The molecule has 4 rings (SSSR count). The van der Waals surface area contributed by atoms with Gasteiger partial charge in [-0.05, 0) is 54.1 Å². The molecular weight excluding hydrogens is 387 g/mol. The van der Waals surface area contributed by atoms with Crippen molar-refractivity contribution in [3.63, 3.8) is 0 Å². The van der Waals surface area contributed by atoms with Gasteiger partial charge in [0.05, 0.1) is 13.2 Å². The second-order valence-electron chi connectivity index (χ2n) is 6.97. The summed E-state index contributed by atoms with van der Waals surface area (Å²) in [4.78, 5) is 0. The molecule has 0 radical (unpaired) electrons. The normalized spacial score (nSPS) is 18.2. The molecule has 0 amide bonds. The van der Waals surface area contributed by atoms with E-state index in [0.29, 0.717) is 17.9 Å². The number of hydrazine groups is 1. The summed E-state index contributed by atoms with van der Waals surface area (Å²) in [6.07, 6.45) is -0.213. The number of hydrogen-bond acceptors (Lipinski definition) is 6. The molecule has 0 bridgehead atoms. The Morgan fingerprint density at radius 3 is 2.37 bits per heavy atom. The number of halogens is 1. The van der Waals surface area contributed by atoms with Crippen LogP contribution < -0.4 is 25.1 Å². The first-order chi connectivity index (χ1) is 14.6. The van der Waals surface area contributed by atoms with E-state index in [2.05, 4.69) is 10.9 Å². The van der Waals surface area contributed by atoms with Crippen LogP contribution >= 0.6 is 0 Å². The number of rotatable bonds is 7. The maximum atomic E-state index is 13.0. The Kier molecular flexibility index (Phi) is 6.02. The predicted molar refractivity (Wildman–Crippen MR) is 110 cm³/mol. The first-order valence-corrected chi connectivity index (χ1v) is 9.61. The van der Waals surface area contributed by atoms with E-state index in [-0.39, 0.29) is 30.3 Å². The number of benzene rings is 3. The molecule has 1 heterocycles. The minimum absolute atomic E-state index is 0.108. The third-order valence-electron chi connectivity index (χ3n) is 4.94. The summed E-state index contributed by atoms with van der Waals surface area (Å²) in [7, 11) is 1.62. The molecule has 2 atom stereocenters. The van der Waals surface area contributed by atoms with Crippen LogP contribution in [0.2, 0.25) is 0 Å². The van der Waals surface area contributed by atoms with Crippen molar-refractivity contribution in [2.75, 3.05) is 13.7 Å². The van der Waals surface area contributed by atoms with E-state index in [4.69, 9.17) is 14.2 Å². The fourth-order valence-electron chi connectivity index (χ4n) is 3.32. The van der Waals surface area contributed by atoms with Crippen molar-refractivity contribution in [1.82, 2.24) is 10.9 Å². The lowest BCUT2D eigenvalue weighted by Gasteiger charge is -2.21. The first kappa shape index (κ1) is 20.0. The van der Waals surface area contributed by atoms with E-state index >= 15 is 0 Å². The lowest BCUT2D eigenvalue weighted by Crippen LogP contribution is -2.28. The quantitative estimate of drug-likeness (QED) is 0.552. The highest BCUT2D eigenvalue weighted by Crippen LogP contribution is 2.33. The lowest BCUT2D eigenvalue weighted by molar-refractivity contribution is 0.195. The number of ether oxygens (including phenoxy) is 3. The molecule has 0 spiro atoms. The monoisotopic (exact) mass is 410 g/mol. The fourth-order valence-corrected chi connectivity index (χ4v) is 3.32. The molecule has 2 unspecified atom stereocenters. The highest BCUT2D eigenvalue weighted by molar-refractivity contribution is 5.43. The molecule has 1 fully saturated rings. The Morgan fingerprint density at radius 1 is 0.967 bits per heavy atom. The summed E-state index contributed by atoms with van der Waals surface area (Å²) in [6.45, 7) is 0.866. The molecule has 0 aromatic heterocycles. The largest absolute Gasteiger partial charge is 0.507 e. The van der Waals surface area contributed by atoms with Crippen LogP contribution in [0.3, 0.4) is 0 Å². The molecule has 3 aromatic rings. The van der Waals surface area contributed by atoms with Gasteiger partial charge in [-0.1, -0.05) is 12.1 Å². The molecule has 0 aliphatic carbocycles. The Balaban J connectivity index is 1.42. The molecule has 1 aliphatic heterocycles. The Morgan fingerprint density at radius 2 is 1.67 bits per heavy atom. The van der Waals surface area contributed by atoms with Gasteiger partial charge in [0.15, 0.2) is 0 Å². The summed E-state index contributed by atoms with van der Waals surface area (Å²) >= 11 is 0. The molecule has 1 saturated heterocycles. The van der Waals surface area contributed by atoms with Crippen molar-refractivity contribution in [2.24, 2.45) is 0 Å². The maximum Gasteiger partial charge on any atom is 0.133 e. The van der Waals surface area contributed by atoms with Crippen molar-refractivity contribution < 1.29 is 23.7 Å². The smallest absolute Gasteiger partial charge is 0.133 e. The van der Waals surface area contributed by atoms with Crippen molar-refractivity contribution in [2.45, 2.75) is 18.8 Å². The number of hydrogen-bond donors (Lipinski definition) is 3. The predicted octanol–water partition coefficient (Wildman–Crippen LogP) is 3.72. The van der Waals surface area contributed by atoms with Crippen LogP contribution in [0.15, 0.2) is 66.7 Å². The van der Waals surface area contributed by atoms with Crippen LogP contribution in [0.4, 0.5) is 4.39 Å². The van der Waals surface area contributed by atoms with E-state index < -0.39 is 0 Å². The third-order valence-corrected chi connectivity index (χ3v) is 4.94. The summed E-state index contributed by atoms with van der Waals surface area (Å²) in [5, 5.41) is 10.6. The average Bonchev–Trinajstić information content (AvgIpc) is 3.22. The number of phenols is 1. The summed E-state index contributed by atoms with van der Waals surface area (Å²) < 4.78 is 30.0. The Bertz CT molecular complexity index is 979. The van der Waals surface area contributed by atoms with Gasteiger partial charge in [-0.2, -0.15) is 0 Å². The molecule has 156 valence electrons. The number of aromatic hydroxyl groups is 1. The van der Waals surface area contributed by atoms with Crippen molar-refractivity contribution >= 4 is 0 Å². The molecule has 3 N–H and O–H groups in total. The van der Waals surface area contributed by atoms with Gasteiger partial charge in [0, 0.05) is 18.2 Å². The van der Waals surface area contributed by atoms with E-state index in [0.717, 1.165) is 17.1 Å². The van der Waals surface area contributed by atoms with Gasteiger partial charge in [0.1, 0.15) is 41.5 Å². The van der Waals surface area contributed by atoms with Crippen LogP contribution in [0.25, 0.3) is 0 Å². The summed E-state index contributed by atoms with van der Waals surface area (Å²) in [5.74, 6) is 1.82. The van der Waals surface area contributed by atoms with E-state index in [1.54, 1.807) is 31.4 Å². The number of methoxy groups -OCH3 is 1. The topological polar surface area (TPSA) is 72.0 Å². The Labute approximate surface area is 174 Å².